The van der Waals surface area contributed by atoms with Crippen molar-refractivity contribution in [3.8, 4) is 0 Å². The molecular formula is C23H20N5O3+. The second-order valence-corrected chi connectivity index (χ2v) is 7.38. The Bertz CT molecular complexity index is 1170. The Labute approximate surface area is 179 Å². The van der Waals surface area contributed by atoms with E-state index < -0.39 is 0 Å². The molecule has 0 aromatic rings. The summed E-state index contributed by atoms with van der Waals surface area (Å²) in [6, 6.07) is 0. The number of hydrogen-bond donors (Lipinski definition) is 0. The summed E-state index contributed by atoms with van der Waals surface area (Å²) in [6.07, 6.45) is 18.5. The number of carbonyl (C=O) groups is 2. The lowest BCUT2D eigenvalue weighted by atomic mass is 9.86. The Balaban J connectivity index is 1.61. The van der Waals surface area contributed by atoms with Gasteiger partial charge in [0.05, 0.1) is 36.4 Å². The first-order valence-corrected chi connectivity index (χ1v) is 10.1. The molecule has 5 aliphatic rings. The van der Waals surface area contributed by atoms with Crippen LogP contribution in [-0.4, -0.2) is 58.7 Å². The third-order valence-corrected chi connectivity index (χ3v) is 5.44. The van der Waals surface area contributed by atoms with Gasteiger partial charge in [-0.25, -0.2) is 9.57 Å². The maximum Gasteiger partial charge on any atom is 0.330 e. The van der Waals surface area contributed by atoms with Gasteiger partial charge in [0.25, 0.3) is 0 Å². The Hall–Kier alpha value is -3.94. The van der Waals surface area contributed by atoms with Crippen molar-refractivity contribution in [2.24, 2.45) is 15.0 Å². The van der Waals surface area contributed by atoms with Gasteiger partial charge in [-0.1, -0.05) is 0 Å². The molecule has 0 saturated heterocycles. The molecule has 0 atom stereocenters. The molecule has 154 valence electrons. The Morgan fingerprint density at radius 2 is 2.03 bits per heavy atom. The van der Waals surface area contributed by atoms with Crippen molar-refractivity contribution >= 4 is 35.9 Å². The first-order valence-electron chi connectivity index (χ1n) is 10.1. The Morgan fingerprint density at radius 3 is 2.97 bits per heavy atom. The second kappa shape index (κ2) is 8.06. The number of ether oxygens (including phenoxy) is 1. The van der Waals surface area contributed by atoms with Gasteiger partial charge >= 0.3 is 5.82 Å². The number of rotatable bonds is 0. The van der Waals surface area contributed by atoms with Gasteiger partial charge in [0.1, 0.15) is 5.70 Å². The quantitative estimate of drug-likeness (QED) is 0.569. The van der Waals surface area contributed by atoms with Crippen molar-refractivity contribution in [2.75, 3.05) is 13.3 Å². The monoisotopic (exact) mass is 414 g/mol. The predicted octanol–water partition coefficient (Wildman–Crippen LogP) is 2.20. The summed E-state index contributed by atoms with van der Waals surface area (Å²) in [7, 11) is 0. The fraction of sp³-hybridized carbons (Fsp3) is 0.217. The molecule has 0 aromatic carbocycles. The average Bonchev–Trinajstić information content (AvgIpc) is 2.99. The van der Waals surface area contributed by atoms with Gasteiger partial charge in [0.15, 0.2) is 18.2 Å². The first-order chi connectivity index (χ1) is 15.2. The zero-order chi connectivity index (χ0) is 21.2. The van der Waals surface area contributed by atoms with E-state index in [1.54, 1.807) is 29.6 Å². The average molecular weight is 414 g/mol. The molecule has 1 fully saturated rings. The molecule has 0 spiro atoms. The summed E-state index contributed by atoms with van der Waals surface area (Å²) >= 11 is 0. The van der Waals surface area contributed by atoms with Crippen LogP contribution in [0.1, 0.15) is 19.3 Å². The van der Waals surface area contributed by atoms with Gasteiger partial charge in [-0.05, 0) is 23.6 Å². The molecule has 0 radical (unpaired) electrons. The number of hydrogen-bond acceptors (Lipinski definition) is 7. The van der Waals surface area contributed by atoms with Crippen LogP contribution < -0.4 is 0 Å². The summed E-state index contributed by atoms with van der Waals surface area (Å²) < 4.78 is 7.63. The van der Waals surface area contributed by atoms with E-state index in [2.05, 4.69) is 9.98 Å². The van der Waals surface area contributed by atoms with Crippen molar-refractivity contribution in [2.45, 2.75) is 19.3 Å². The highest BCUT2D eigenvalue weighted by Gasteiger charge is 2.33. The van der Waals surface area contributed by atoms with Crippen molar-refractivity contribution in [3.63, 3.8) is 0 Å². The first kappa shape index (κ1) is 19.0. The van der Waals surface area contributed by atoms with Crippen LogP contribution in [0.4, 0.5) is 0 Å². The summed E-state index contributed by atoms with van der Waals surface area (Å²) in [5.74, 6) is 0.665. The van der Waals surface area contributed by atoms with Crippen LogP contribution in [0.25, 0.3) is 0 Å². The van der Waals surface area contributed by atoms with Gasteiger partial charge in [-0.3, -0.25) is 14.6 Å². The van der Waals surface area contributed by atoms with E-state index in [0.29, 0.717) is 49.5 Å². The minimum atomic E-state index is -0.147. The highest BCUT2D eigenvalue weighted by atomic mass is 16.5. The molecule has 31 heavy (non-hydrogen) atoms. The number of aliphatic imine (C=N–C) groups is 3. The minimum absolute atomic E-state index is 0.0303. The van der Waals surface area contributed by atoms with Crippen LogP contribution in [-0.2, 0) is 14.3 Å². The smallest absolute Gasteiger partial charge is 0.330 e. The number of nitrogens with zero attached hydrogens (tertiary/aromatic N) is 5. The number of fused-ring (bicyclic) bond motifs is 1. The molecule has 0 N–H and O–H groups in total. The van der Waals surface area contributed by atoms with Gasteiger partial charge in [0.2, 0.25) is 5.78 Å². The van der Waals surface area contributed by atoms with Gasteiger partial charge in [0, 0.05) is 49.3 Å². The van der Waals surface area contributed by atoms with Gasteiger partial charge in [-0.15, -0.1) is 0 Å². The molecular weight excluding hydrogens is 394 g/mol. The van der Waals surface area contributed by atoms with Crippen molar-refractivity contribution < 1.29 is 18.9 Å². The van der Waals surface area contributed by atoms with Crippen molar-refractivity contribution in [1.82, 2.24) is 4.90 Å². The minimum Gasteiger partial charge on any atom is -0.499 e. The predicted molar refractivity (Wildman–Crippen MR) is 117 cm³/mol. The largest absolute Gasteiger partial charge is 0.499 e. The summed E-state index contributed by atoms with van der Waals surface area (Å²) in [5, 5.41) is 0. The van der Waals surface area contributed by atoms with Crippen LogP contribution in [0.15, 0.2) is 86.3 Å². The summed E-state index contributed by atoms with van der Waals surface area (Å²) in [4.78, 5) is 40.1. The van der Waals surface area contributed by atoms with Crippen LogP contribution in [0.3, 0.4) is 0 Å². The molecule has 2 bridgehead atoms. The van der Waals surface area contributed by atoms with E-state index >= 15 is 0 Å². The maximum absolute atomic E-state index is 12.7. The Morgan fingerprint density at radius 1 is 1.10 bits per heavy atom. The zero-order valence-corrected chi connectivity index (χ0v) is 16.8. The third-order valence-electron chi connectivity index (χ3n) is 5.44. The van der Waals surface area contributed by atoms with E-state index in [-0.39, 0.29) is 11.6 Å². The molecule has 0 unspecified atom stereocenters. The fourth-order valence-electron chi connectivity index (χ4n) is 3.81. The van der Waals surface area contributed by atoms with Crippen LogP contribution in [0.2, 0.25) is 0 Å². The van der Waals surface area contributed by atoms with E-state index in [1.165, 1.54) is 18.5 Å². The molecule has 1 saturated carbocycles. The summed E-state index contributed by atoms with van der Waals surface area (Å²) in [5.41, 5.74) is 3.55. The van der Waals surface area contributed by atoms with E-state index in [0.717, 1.165) is 17.0 Å². The third kappa shape index (κ3) is 3.68. The van der Waals surface area contributed by atoms with E-state index in [9.17, 15) is 9.59 Å². The molecule has 8 nitrogen and oxygen atoms in total. The zero-order valence-electron chi connectivity index (χ0n) is 16.8. The number of carbonyl (C=O) groups excluding carboxylic acids is 2. The van der Waals surface area contributed by atoms with E-state index in [4.69, 9.17) is 9.73 Å². The normalized spacial score (nSPS) is 28.3. The topological polar surface area (TPSA) is 86.7 Å². The lowest BCUT2D eigenvalue weighted by Gasteiger charge is -2.15. The van der Waals surface area contributed by atoms with Crippen LogP contribution >= 0.6 is 0 Å². The highest BCUT2D eigenvalue weighted by Crippen LogP contribution is 2.27. The molecule has 0 aromatic heterocycles. The van der Waals surface area contributed by atoms with Crippen molar-refractivity contribution in [3.05, 3.63) is 71.3 Å². The van der Waals surface area contributed by atoms with Crippen LogP contribution in [0.5, 0.6) is 0 Å². The lowest BCUT2D eigenvalue weighted by Crippen LogP contribution is -2.23. The lowest BCUT2D eigenvalue weighted by molar-refractivity contribution is -0.472. The maximum atomic E-state index is 12.7. The SMILES string of the molecule is O=C1CCC2=CC=[N+]3CN=CC4=C3N=C2/C1=C/C=N\C=C1/C(=O)C=CN1/C=C/OCC4. The highest BCUT2D eigenvalue weighted by molar-refractivity contribution is 6.32. The second-order valence-electron chi connectivity index (χ2n) is 7.38. The summed E-state index contributed by atoms with van der Waals surface area (Å²) in [6.45, 7) is 0.905. The van der Waals surface area contributed by atoms with Gasteiger partial charge in [-0.2, -0.15) is 0 Å². The van der Waals surface area contributed by atoms with Crippen molar-refractivity contribution in [1.29, 1.82) is 0 Å². The standard InChI is InChI=1S/C23H20N5O3/c29-20-2-1-16-4-8-28-15-25-13-17-6-11-31-12-10-27-9-5-21(30)19(27)14-24-7-3-18(20)22(16)26-23(17)28/h3-5,7-10,12-14H,1-2,6,11,15H2/q+1/b12-10+,18-3+,19-14+,24-7-. The van der Waals surface area contributed by atoms with E-state index in [1.807, 2.05) is 23.1 Å². The van der Waals surface area contributed by atoms with Gasteiger partial charge < -0.3 is 9.64 Å². The molecule has 4 aliphatic heterocycles. The number of Topliss-reactive ketones (excluding diaryl/α,β-unsaturated/α-hetero) is 1. The fourth-order valence-corrected chi connectivity index (χ4v) is 3.81. The molecule has 5 rings (SSSR count). The van der Waals surface area contributed by atoms with Crippen LogP contribution in [0, 0.1) is 0 Å². The Kier molecular flexibility index (Phi) is 4.95. The number of ketones is 2. The molecule has 4 heterocycles. The molecule has 1 aliphatic carbocycles. The molecule has 0 amide bonds. The number of allylic oxidation sites excluding steroid dienone is 5. The molecule has 8 heteroatoms.